The van der Waals surface area contributed by atoms with Crippen LogP contribution in [0.15, 0.2) is 22.6 Å². The number of hydrogen-bond acceptors (Lipinski definition) is 7. The van der Waals surface area contributed by atoms with Crippen LogP contribution in [0.3, 0.4) is 0 Å². The van der Waals surface area contributed by atoms with Gasteiger partial charge in [0.25, 0.3) is 5.56 Å². The Morgan fingerprint density at radius 1 is 1.48 bits per heavy atom. The van der Waals surface area contributed by atoms with Crippen molar-refractivity contribution in [3.05, 3.63) is 39.5 Å². The van der Waals surface area contributed by atoms with Crippen LogP contribution in [0, 0.1) is 0 Å². The largest absolute Gasteiger partial charge is 0.323 e. The molecule has 3 aromatic rings. The molecule has 3 rings (SSSR count). The summed E-state index contributed by atoms with van der Waals surface area (Å²) in [5.74, 6) is 0. The van der Waals surface area contributed by atoms with Gasteiger partial charge in [-0.15, -0.1) is 5.10 Å². The minimum absolute atomic E-state index is 0.105. The van der Waals surface area contributed by atoms with Crippen molar-refractivity contribution in [1.82, 2.24) is 29.6 Å². The molecule has 0 bridgehead atoms. The molecule has 0 radical (unpaired) electrons. The van der Waals surface area contributed by atoms with Crippen molar-refractivity contribution in [2.75, 3.05) is 0 Å². The zero-order valence-electron chi connectivity index (χ0n) is 11.5. The first-order valence-corrected chi connectivity index (χ1v) is 7.53. The Kier molecular flexibility index (Phi) is 3.76. The summed E-state index contributed by atoms with van der Waals surface area (Å²) < 4.78 is 2.92. The Bertz CT molecular complexity index is 805. The highest BCUT2D eigenvalue weighted by molar-refractivity contribution is 7.14. The van der Waals surface area contributed by atoms with E-state index in [2.05, 4.69) is 27.3 Å². The summed E-state index contributed by atoms with van der Waals surface area (Å²) in [6.45, 7) is 2.46. The van der Waals surface area contributed by atoms with Gasteiger partial charge in [-0.1, -0.05) is 29.9 Å². The topological polar surface area (TPSA) is 104 Å². The van der Waals surface area contributed by atoms with Crippen LogP contribution in [-0.2, 0) is 6.54 Å². The summed E-state index contributed by atoms with van der Waals surface area (Å²) in [6.07, 6.45) is 3.66. The van der Waals surface area contributed by atoms with Gasteiger partial charge in [-0.3, -0.25) is 4.79 Å². The number of hydrogen-bond donors (Lipinski definition) is 1. The monoisotopic (exact) mass is 305 g/mol. The van der Waals surface area contributed by atoms with Crippen molar-refractivity contribution in [1.29, 1.82) is 0 Å². The molecule has 0 aliphatic rings. The molecule has 0 aromatic carbocycles. The molecule has 0 fully saturated rings. The fourth-order valence-electron chi connectivity index (χ4n) is 2.07. The number of fused-ring (bicyclic) bond motifs is 1. The third-order valence-corrected chi connectivity index (χ3v) is 3.77. The van der Waals surface area contributed by atoms with Gasteiger partial charge < -0.3 is 5.73 Å². The Morgan fingerprint density at radius 3 is 3.14 bits per heavy atom. The van der Waals surface area contributed by atoms with Crippen LogP contribution in [0.25, 0.3) is 4.96 Å². The average Bonchev–Trinajstić information content (AvgIpc) is 3.08. The van der Waals surface area contributed by atoms with Gasteiger partial charge in [0, 0.05) is 6.07 Å². The lowest BCUT2D eigenvalue weighted by Gasteiger charge is -2.04. The molecule has 8 nitrogen and oxygen atoms in total. The molecule has 0 aliphatic carbocycles. The predicted octanol–water partition coefficient (Wildman–Crippen LogP) is 0.591. The molecular weight excluding hydrogens is 290 g/mol. The van der Waals surface area contributed by atoms with Crippen LogP contribution in [0.2, 0.25) is 0 Å². The quantitative estimate of drug-likeness (QED) is 0.740. The molecule has 0 aliphatic heterocycles. The molecule has 0 amide bonds. The first-order valence-electron chi connectivity index (χ1n) is 6.65. The van der Waals surface area contributed by atoms with Gasteiger partial charge in [0.15, 0.2) is 0 Å². The van der Waals surface area contributed by atoms with Crippen molar-refractivity contribution in [3.63, 3.8) is 0 Å². The lowest BCUT2D eigenvalue weighted by molar-refractivity contribution is 0.616. The van der Waals surface area contributed by atoms with Gasteiger partial charge in [0.1, 0.15) is 5.51 Å². The van der Waals surface area contributed by atoms with E-state index in [1.165, 1.54) is 21.9 Å². The highest BCUT2D eigenvalue weighted by Gasteiger charge is 2.11. The molecule has 1 unspecified atom stereocenters. The van der Waals surface area contributed by atoms with Crippen LogP contribution in [0.4, 0.5) is 0 Å². The van der Waals surface area contributed by atoms with Gasteiger partial charge >= 0.3 is 0 Å². The molecule has 9 heteroatoms. The van der Waals surface area contributed by atoms with Crippen molar-refractivity contribution in [3.8, 4) is 0 Å². The molecule has 3 heterocycles. The third kappa shape index (κ3) is 2.83. The molecule has 0 saturated carbocycles. The van der Waals surface area contributed by atoms with Crippen LogP contribution in [0.1, 0.15) is 37.2 Å². The maximum absolute atomic E-state index is 11.9. The number of rotatable bonds is 5. The second-order valence-electron chi connectivity index (χ2n) is 4.75. The zero-order chi connectivity index (χ0) is 14.8. The van der Waals surface area contributed by atoms with Crippen molar-refractivity contribution in [2.45, 2.75) is 32.4 Å². The number of nitrogens with two attached hydrogens (primary N) is 1. The maximum atomic E-state index is 11.9. The minimum atomic E-state index is -0.195. The van der Waals surface area contributed by atoms with Gasteiger partial charge in [0.2, 0.25) is 4.96 Å². The molecule has 0 saturated heterocycles. The summed E-state index contributed by atoms with van der Waals surface area (Å²) in [4.78, 5) is 16.8. The fraction of sp³-hybridized carbons (Fsp3) is 0.417. The highest BCUT2D eigenvalue weighted by Crippen LogP contribution is 2.12. The maximum Gasteiger partial charge on any atom is 0.275 e. The molecule has 1 atom stereocenters. The van der Waals surface area contributed by atoms with E-state index in [1.54, 1.807) is 16.4 Å². The van der Waals surface area contributed by atoms with E-state index < -0.39 is 0 Å². The number of nitrogens with zero attached hydrogens (tertiary/aromatic N) is 6. The molecule has 110 valence electrons. The van der Waals surface area contributed by atoms with Crippen molar-refractivity contribution >= 4 is 16.3 Å². The van der Waals surface area contributed by atoms with E-state index in [-0.39, 0.29) is 11.6 Å². The van der Waals surface area contributed by atoms with Crippen LogP contribution >= 0.6 is 11.3 Å². The van der Waals surface area contributed by atoms with E-state index in [0.29, 0.717) is 17.2 Å². The van der Waals surface area contributed by atoms with E-state index in [1.807, 2.05) is 0 Å². The number of aromatic nitrogens is 6. The Labute approximate surface area is 124 Å². The zero-order valence-corrected chi connectivity index (χ0v) is 12.3. The second-order valence-corrected chi connectivity index (χ2v) is 5.57. The average molecular weight is 305 g/mol. The summed E-state index contributed by atoms with van der Waals surface area (Å²) in [5.41, 5.74) is 8.78. The standard InChI is InChI=1S/C12H15N7OS/c1-2-3-9(13)10-6-18(17-16-10)5-8-4-11(20)19-12(15-8)21-7-14-19/h4,6-7,9H,2-3,5,13H2,1H3. The third-order valence-electron chi connectivity index (χ3n) is 3.10. The lowest BCUT2D eigenvalue weighted by atomic mass is 10.1. The van der Waals surface area contributed by atoms with Crippen molar-refractivity contribution < 1.29 is 0 Å². The minimum Gasteiger partial charge on any atom is -0.323 e. The smallest absolute Gasteiger partial charge is 0.275 e. The summed E-state index contributed by atoms with van der Waals surface area (Å²) in [5, 5.41) is 12.0. The van der Waals surface area contributed by atoms with Gasteiger partial charge in [0.05, 0.1) is 30.2 Å². The second kappa shape index (κ2) is 5.70. The van der Waals surface area contributed by atoms with E-state index >= 15 is 0 Å². The Balaban J connectivity index is 1.83. The van der Waals surface area contributed by atoms with Gasteiger partial charge in [-0.05, 0) is 6.42 Å². The Morgan fingerprint density at radius 2 is 2.33 bits per heavy atom. The predicted molar refractivity (Wildman–Crippen MR) is 78.1 cm³/mol. The highest BCUT2D eigenvalue weighted by atomic mass is 32.1. The normalized spacial score (nSPS) is 12.9. The Hall–Kier alpha value is -2.13. The fourth-order valence-corrected chi connectivity index (χ4v) is 2.71. The first kappa shape index (κ1) is 13.8. The summed E-state index contributed by atoms with van der Waals surface area (Å²) in [7, 11) is 0. The molecule has 0 spiro atoms. The van der Waals surface area contributed by atoms with Crippen molar-refractivity contribution in [2.24, 2.45) is 5.73 Å². The lowest BCUT2D eigenvalue weighted by Crippen LogP contribution is -2.16. The van der Waals surface area contributed by atoms with Crippen LogP contribution < -0.4 is 11.3 Å². The van der Waals surface area contributed by atoms with Crippen LogP contribution in [0.5, 0.6) is 0 Å². The summed E-state index contributed by atoms with van der Waals surface area (Å²) in [6, 6.07) is 1.35. The summed E-state index contributed by atoms with van der Waals surface area (Å²) >= 11 is 1.32. The molecule has 3 aromatic heterocycles. The molecule has 21 heavy (non-hydrogen) atoms. The van der Waals surface area contributed by atoms with Crippen LogP contribution in [-0.4, -0.2) is 29.6 Å². The first-order chi connectivity index (χ1) is 10.2. The SMILES string of the molecule is CCCC(N)c1cn(Cc2cc(=O)n3ncsc3n2)nn1. The molecular formula is C12H15N7OS. The van der Waals surface area contributed by atoms with E-state index in [4.69, 9.17) is 5.73 Å². The van der Waals surface area contributed by atoms with Gasteiger partial charge in [-0.2, -0.15) is 9.61 Å². The van der Waals surface area contributed by atoms with Gasteiger partial charge in [-0.25, -0.2) is 9.67 Å². The van der Waals surface area contributed by atoms with E-state index in [0.717, 1.165) is 18.5 Å². The van der Waals surface area contributed by atoms with E-state index in [9.17, 15) is 4.79 Å². The molecule has 2 N–H and O–H groups in total.